The molecule has 0 atom stereocenters. The van der Waals surface area contributed by atoms with Crippen LogP contribution in [0.15, 0.2) is 18.2 Å². The summed E-state index contributed by atoms with van der Waals surface area (Å²) in [7, 11) is 0. The Labute approximate surface area is 126 Å². The Bertz CT molecular complexity index is 458. The van der Waals surface area contributed by atoms with Crippen LogP contribution in [0, 0.1) is 3.57 Å². The van der Waals surface area contributed by atoms with Crippen LogP contribution in [-0.2, 0) is 4.79 Å². The van der Waals surface area contributed by atoms with Crippen molar-refractivity contribution in [1.29, 1.82) is 0 Å². The van der Waals surface area contributed by atoms with Crippen LogP contribution in [0.1, 0.15) is 32.1 Å². The molecule has 1 aliphatic rings. The number of carbonyl (C=O) groups excluding carboxylic acids is 1. The van der Waals surface area contributed by atoms with Gasteiger partial charge in [-0.2, -0.15) is 0 Å². The van der Waals surface area contributed by atoms with E-state index in [1.54, 1.807) is 0 Å². The van der Waals surface area contributed by atoms with Crippen LogP contribution in [0.2, 0.25) is 5.02 Å². The maximum Gasteiger partial charge on any atom is 0.244 e. The number of nitrogens with one attached hydrogen (secondary N) is 1. The molecule has 0 saturated heterocycles. The fourth-order valence-corrected chi connectivity index (χ4v) is 3.15. The first kappa shape index (κ1) is 14.1. The third-order valence-electron chi connectivity index (χ3n) is 3.38. The van der Waals surface area contributed by atoms with Gasteiger partial charge in [0.05, 0.1) is 16.2 Å². The zero-order valence-corrected chi connectivity index (χ0v) is 12.9. The molecule has 0 bridgehead atoms. The van der Waals surface area contributed by atoms with Crippen molar-refractivity contribution in [2.45, 2.75) is 37.6 Å². The minimum Gasteiger partial charge on any atom is -0.323 e. The van der Waals surface area contributed by atoms with Gasteiger partial charge in [0.1, 0.15) is 0 Å². The summed E-state index contributed by atoms with van der Waals surface area (Å²) in [5, 5.41) is 3.40. The normalized spacial score (nSPS) is 18.4. The van der Waals surface area contributed by atoms with E-state index < -0.39 is 5.54 Å². The SMILES string of the molecule is NC1(C(=O)Nc2ccc(I)cc2Cl)CCCCC1. The van der Waals surface area contributed by atoms with Gasteiger partial charge in [0, 0.05) is 3.57 Å². The molecule has 0 heterocycles. The molecular formula is C13H16ClIN2O. The summed E-state index contributed by atoms with van der Waals surface area (Å²) >= 11 is 8.28. The van der Waals surface area contributed by atoms with E-state index in [9.17, 15) is 4.79 Å². The van der Waals surface area contributed by atoms with Crippen molar-refractivity contribution in [3.8, 4) is 0 Å². The molecule has 5 heteroatoms. The lowest BCUT2D eigenvalue weighted by molar-refractivity contribution is -0.122. The van der Waals surface area contributed by atoms with Crippen LogP contribution < -0.4 is 11.1 Å². The lowest BCUT2D eigenvalue weighted by atomic mass is 9.82. The van der Waals surface area contributed by atoms with Gasteiger partial charge in [-0.1, -0.05) is 30.9 Å². The average molecular weight is 379 g/mol. The maximum absolute atomic E-state index is 12.2. The average Bonchev–Trinajstić information content (AvgIpc) is 2.33. The standard InChI is InChI=1S/C13H16ClIN2O/c14-10-8-9(15)4-5-11(10)17-12(18)13(16)6-2-1-3-7-13/h4-5,8H,1-3,6-7,16H2,(H,17,18). The van der Waals surface area contributed by atoms with Gasteiger partial charge in [-0.25, -0.2) is 0 Å². The molecular weight excluding hydrogens is 363 g/mol. The number of halogens is 2. The van der Waals surface area contributed by atoms with E-state index in [4.69, 9.17) is 17.3 Å². The Kier molecular flexibility index (Phi) is 4.50. The first-order valence-electron chi connectivity index (χ1n) is 6.07. The number of benzene rings is 1. The van der Waals surface area contributed by atoms with Gasteiger partial charge in [-0.3, -0.25) is 4.79 Å². The molecule has 0 aliphatic heterocycles. The Morgan fingerprint density at radius 1 is 1.33 bits per heavy atom. The Morgan fingerprint density at radius 3 is 2.61 bits per heavy atom. The monoisotopic (exact) mass is 378 g/mol. The lowest BCUT2D eigenvalue weighted by Crippen LogP contribution is -2.52. The molecule has 0 unspecified atom stereocenters. The van der Waals surface area contributed by atoms with Crippen molar-refractivity contribution in [1.82, 2.24) is 0 Å². The van der Waals surface area contributed by atoms with Gasteiger partial charge >= 0.3 is 0 Å². The Morgan fingerprint density at radius 2 is 2.00 bits per heavy atom. The van der Waals surface area contributed by atoms with Crippen molar-refractivity contribution in [3.63, 3.8) is 0 Å². The van der Waals surface area contributed by atoms with E-state index in [0.29, 0.717) is 10.7 Å². The zero-order valence-electron chi connectivity index (χ0n) is 10.0. The molecule has 2 rings (SSSR count). The second kappa shape index (κ2) is 5.75. The van der Waals surface area contributed by atoms with Gasteiger partial charge in [0.2, 0.25) is 5.91 Å². The Hall–Kier alpha value is -0.330. The molecule has 0 spiro atoms. The zero-order chi connectivity index (χ0) is 13.2. The minimum absolute atomic E-state index is 0.120. The van der Waals surface area contributed by atoms with Crippen LogP contribution in [0.25, 0.3) is 0 Å². The van der Waals surface area contributed by atoms with E-state index in [2.05, 4.69) is 27.9 Å². The first-order valence-corrected chi connectivity index (χ1v) is 7.52. The predicted octanol–water partition coefficient (Wildman–Crippen LogP) is 3.54. The van der Waals surface area contributed by atoms with Crippen molar-refractivity contribution >= 4 is 45.8 Å². The highest BCUT2D eigenvalue weighted by molar-refractivity contribution is 14.1. The summed E-state index contributed by atoms with van der Waals surface area (Å²) in [4.78, 5) is 12.2. The second-order valence-electron chi connectivity index (χ2n) is 4.80. The number of nitrogens with two attached hydrogens (primary N) is 1. The highest BCUT2D eigenvalue weighted by atomic mass is 127. The Balaban J connectivity index is 2.11. The maximum atomic E-state index is 12.2. The van der Waals surface area contributed by atoms with Gasteiger partial charge in [0.15, 0.2) is 0 Å². The molecule has 0 radical (unpaired) electrons. The van der Waals surface area contributed by atoms with E-state index in [0.717, 1.165) is 35.7 Å². The first-order chi connectivity index (χ1) is 8.51. The van der Waals surface area contributed by atoms with Crippen LogP contribution in [-0.4, -0.2) is 11.4 Å². The highest BCUT2D eigenvalue weighted by Gasteiger charge is 2.35. The third-order valence-corrected chi connectivity index (χ3v) is 4.36. The van der Waals surface area contributed by atoms with Crippen molar-refractivity contribution < 1.29 is 4.79 Å². The summed E-state index contributed by atoms with van der Waals surface area (Å²) in [6.45, 7) is 0. The molecule has 1 aliphatic carbocycles. The molecule has 18 heavy (non-hydrogen) atoms. The summed E-state index contributed by atoms with van der Waals surface area (Å²) < 4.78 is 1.04. The molecule has 3 nitrogen and oxygen atoms in total. The van der Waals surface area contributed by atoms with Gasteiger partial charge < -0.3 is 11.1 Å². The quantitative estimate of drug-likeness (QED) is 0.773. The van der Waals surface area contributed by atoms with Crippen molar-refractivity contribution in [2.75, 3.05) is 5.32 Å². The summed E-state index contributed by atoms with van der Waals surface area (Å²) in [5.41, 5.74) is 6.08. The number of hydrogen-bond acceptors (Lipinski definition) is 2. The van der Waals surface area contributed by atoms with E-state index in [-0.39, 0.29) is 5.91 Å². The topological polar surface area (TPSA) is 55.1 Å². The van der Waals surface area contributed by atoms with Crippen molar-refractivity contribution in [3.05, 3.63) is 26.8 Å². The van der Waals surface area contributed by atoms with Crippen LogP contribution in [0.5, 0.6) is 0 Å². The van der Waals surface area contributed by atoms with Gasteiger partial charge in [0.25, 0.3) is 0 Å². The smallest absolute Gasteiger partial charge is 0.244 e. The molecule has 1 fully saturated rings. The fraction of sp³-hybridized carbons (Fsp3) is 0.462. The molecule has 1 amide bonds. The lowest BCUT2D eigenvalue weighted by Gasteiger charge is -2.31. The molecule has 0 aromatic heterocycles. The van der Waals surface area contributed by atoms with Crippen LogP contribution in [0.4, 0.5) is 5.69 Å². The predicted molar refractivity (Wildman–Crippen MR) is 82.8 cm³/mol. The minimum atomic E-state index is -0.732. The molecule has 1 saturated carbocycles. The van der Waals surface area contributed by atoms with Crippen molar-refractivity contribution in [2.24, 2.45) is 5.73 Å². The number of amides is 1. The number of anilines is 1. The number of hydrogen-bond donors (Lipinski definition) is 2. The third kappa shape index (κ3) is 3.16. The highest BCUT2D eigenvalue weighted by Crippen LogP contribution is 2.29. The summed E-state index contributed by atoms with van der Waals surface area (Å²) in [6, 6.07) is 5.54. The second-order valence-corrected chi connectivity index (χ2v) is 6.45. The number of rotatable bonds is 2. The molecule has 1 aromatic rings. The van der Waals surface area contributed by atoms with E-state index >= 15 is 0 Å². The summed E-state index contributed by atoms with van der Waals surface area (Å²) in [6.07, 6.45) is 4.70. The largest absolute Gasteiger partial charge is 0.323 e. The van der Waals surface area contributed by atoms with E-state index in [1.807, 2.05) is 18.2 Å². The molecule has 98 valence electrons. The molecule has 1 aromatic carbocycles. The summed E-state index contributed by atoms with van der Waals surface area (Å²) in [5.74, 6) is -0.120. The van der Waals surface area contributed by atoms with Crippen LogP contribution in [0.3, 0.4) is 0 Å². The molecule has 3 N–H and O–H groups in total. The van der Waals surface area contributed by atoms with Crippen LogP contribution >= 0.6 is 34.2 Å². The fourth-order valence-electron chi connectivity index (χ4n) is 2.25. The number of carbonyl (C=O) groups is 1. The van der Waals surface area contributed by atoms with Gasteiger partial charge in [-0.15, -0.1) is 0 Å². The van der Waals surface area contributed by atoms with E-state index in [1.165, 1.54) is 0 Å². The van der Waals surface area contributed by atoms with Gasteiger partial charge in [-0.05, 0) is 53.6 Å².